The SMILES string of the molecule is Cc1ccc(/C=C2\Oc3c(ccc([O-])c3C[NH+]3CCCC(C)C3)C2=O)o1. The Balaban J connectivity index is 1.64. The summed E-state index contributed by atoms with van der Waals surface area (Å²) in [4.78, 5) is 14.1. The Morgan fingerprint density at radius 1 is 1.31 bits per heavy atom. The second-order valence-corrected chi connectivity index (χ2v) is 7.44. The second-order valence-electron chi connectivity index (χ2n) is 7.44. The molecule has 2 aliphatic heterocycles. The number of fused-ring (bicyclic) bond motifs is 1. The van der Waals surface area contributed by atoms with Crippen molar-refractivity contribution >= 4 is 11.9 Å². The van der Waals surface area contributed by atoms with Crippen molar-refractivity contribution < 1.29 is 24.0 Å². The van der Waals surface area contributed by atoms with Gasteiger partial charge in [-0.15, -0.1) is 0 Å². The van der Waals surface area contributed by atoms with Crippen molar-refractivity contribution in [2.45, 2.75) is 33.2 Å². The fourth-order valence-electron chi connectivity index (χ4n) is 3.92. The summed E-state index contributed by atoms with van der Waals surface area (Å²) in [6.45, 7) is 6.80. The summed E-state index contributed by atoms with van der Waals surface area (Å²) < 4.78 is 11.4. The van der Waals surface area contributed by atoms with Gasteiger partial charge < -0.3 is 19.2 Å². The van der Waals surface area contributed by atoms with Crippen LogP contribution < -0.4 is 14.7 Å². The largest absolute Gasteiger partial charge is 0.872 e. The van der Waals surface area contributed by atoms with E-state index in [1.54, 1.807) is 18.2 Å². The van der Waals surface area contributed by atoms with Crippen LogP contribution in [0.25, 0.3) is 6.08 Å². The summed E-state index contributed by atoms with van der Waals surface area (Å²) in [6.07, 6.45) is 4.01. The molecule has 3 heterocycles. The lowest BCUT2D eigenvalue weighted by Crippen LogP contribution is -3.12. The van der Waals surface area contributed by atoms with Crippen LogP contribution in [-0.2, 0) is 6.54 Å². The summed E-state index contributed by atoms with van der Waals surface area (Å²) in [6, 6.07) is 6.69. The van der Waals surface area contributed by atoms with Gasteiger partial charge in [-0.1, -0.05) is 18.7 Å². The molecule has 2 aliphatic rings. The van der Waals surface area contributed by atoms with Crippen molar-refractivity contribution in [3.63, 3.8) is 0 Å². The molecule has 1 aromatic carbocycles. The molecule has 2 atom stereocenters. The number of carbonyl (C=O) groups is 1. The topological polar surface area (TPSA) is 66.9 Å². The number of hydrogen-bond acceptors (Lipinski definition) is 4. The highest BCUT2D eigenvalue weighted by Crippen LogP contribution is 2.38. The molecule has 0 spiro atoms. The number of ether oxygens (including phenoxy) is 1. The highest BCUT2D eigenvalue weighted by molar-refractivity contribution is 6.14. The van der Waals surface area contributed by atoms with E-state index >= 15 is 0 Å². The Morgan fingerprint density at radius 3 is 2.88 bits per heavy atom. The van der Waals surface area contributed by atoms with Gasteiger partial charge in [-0.3, -0.25) is 4.79 Å². The second kappa shape index (κ2) is 6.65. The predicted octanol–water partition coefficient (Wildman–Crippen LogP) is 2.09. The van der Waals surface area contributed by atoms with Crippen LogP contribution in [0.5, 0.6) is 11.5 Å². The van der Waals surface area contributed by atoms with Crippen LogP contribution in [0.4, 0.5) is 0 Å². The zero-order valence-corrected chi connectivity index (χ0v) is 15.1. The number of aryl methyl sites for hydroxylation is 1. The van der Waals surface area contributed by atoms with Gasteiger partial charge in [0.2, 0.25) is 5.78 Å². The van der Waals surface area contributed by atoms with E-state index in [9.17, 15) is 9.90 Å². The number of rotatable bonds is 3. The number of carbonyl (C=O) groups excluding carboxylic acids is 1. The molecule has 2 aromatic rings. The molecule has 0 saturated carbocycles. The minimum atomic E-state index is -0.197. The zero-order chi connectivity index (χ0) is 18.3. The molecule has 136 valence electrons. The molecule has 5 nitrogen and oxygen atoms in total. The van der Waals surface area contributed by atoms with Crippen molar-refractivity contribution in [1.29, 1.82) is 0 Å². The van der Waals surface area contributed by atoms with Gasteiger partial charge in [0.25, 0.3) is 0 Å². The smallest absolute Gasteiger partial charge is 0.232 e. The molecule has 5 heteroatoms. The summed E-state index contributed by atoms with van der Waals surface area (Å²) in [5.41, 5.74) is 1.08. The van der Waals surface area contributed by atoms with E-state index in [1.807, 2.05) is 13.0 Å². The Hall–Kier alpha value is -2.53. The third-order valence-electron chi connectivity index (χ3n) is 5.22. The Morgan fingerprint density at radius 2 is 2.15 bits per heavy atom. The first-order valence-electron chi connectivity index (χ1n) is 9.18. The molecular weight excluding hydrogens is 330 g/mol. The summed E-state index contributed by atoms with van der Waals surface area (Å²) >= 11 is 0. The van der Waals surface area contributed by atoms with Crippen LogP contribution in [0, 0.1) is 12.8 Å². The van der Waals surface area contributed by atoms with E-state index in [4.69, 9.17) is 9.15 Å². The molecule has 0 bridgehead atoms. The van der Waals surface area contributed by atoms with Gasteiger partial charge in [0.15, 0.2) is 5.76 Å². The van der Waals surface area contributed by atoms with Gasteiger partial charge >= 0.3 is 0 Å². The number of quaternary nitrogens is 1. The first-order chi connectivity index (χ1) is 12.5. The van der Waals surface area contributed by atoms with E-state index in [2.05, 4.69) is 6.92 Å². The van der Waals surface area contributed by atoms with Crippen LogP contribution >= 0.6 is 0 Å². The van der Waals surface area contributed by atoms with Crippen molar-refractivity contribution in [3.05, 3.63) is 52.7 Å². The summed E-state index contributed by atoms with van der Waals surface area (Å²) in [7, 11) is 0. The number of nitrogens with one attached hydrogen (secondary N) is 1. The Kier molecular flexibility index (Phi) is 4.32. The van der Waals surface area contributed by atoms with Gasteiger partial charge in [-0.05, 0) is 38.0 Å². The summed E-state index contributed by atoms with van der Waals surface area (Å²) in [5, 5.41) is 12.5. The maximum atomic E-state index is 12.7. The Bertz CT molecular complexity index is 880. The van der Waals surface area contributed by atoms with E-state index in [0.717, 1.165) is 18.8 Å². The fraction of sp³-hybridized carbons (Fsp3) is 0.381. The fourth-order valence-corrected chi connectivity index (χ4v) is 3.92. The number of hydrogen-bond donors (Lipinski definition) is 1. The number of piperidine rings is 1. The minimum absolute atomic E-state index is 0.0580. The van der Waals surface area contributed by atoms with Gasteiger partial charge in [0.05, 0.1) is 18.7 Å². The monoisotopic (exact) mass is 353 g/mol. The number of allylic oxidation sites excluding steroid dienone is 1. The predicted molar refractivity (Wildman–Crippen MR) is 95.1 cm³/mol. The van der Waals surface area contributed by atoms with Crippen LogP contribution in [-0.4, -0.2) is 18.9 Å². The number of furan rings is 1. The quantitative estimate of drug-likeness (QED) is 0.858. The highest BCUT2D eigenvalue weighted by Gasteiger charge is 2.32. The van der Waals surface area contributed by atoms with Crippen LogP contribution in [0.3, 0.4) is 0 Å². The lowest BCUT2D eigenvalue weighted by molar-refractivity contribution is -0.922. The van der Waals surface area contributed by atoms with Gasteiger partial charge in [0.1, 0.15) is 23.8 Å². The number of Topliss-reactive ketones (excluding diaryl/α,β-unsaturated/α-hetero) is 1. The standard InChI is InChI=1S/C21H23NO4/c1-13-4-3-9-22(11-13)12-17-18(23)8-7-16-20(24)19(26-21(16)17)10-15-6-5-14(2)25-15/h5-8,10,13,23H,3-4,9,11-12H2,1-2H3/b19-10-. The molecule has 1 N–H and O–H groups in total. The molecule has 0 aliphatic carbocycles. The maximum absolute atomic E-state index is 12.7. The van der Waals surface area contributed by atoms with Crippen LogP contribution in [0.1, 0.15) is 47.2 Å². The molecule has 1 fully saturated rings. The molecule has 0 amide bonds. The van der Waals surface area contributed by atoms with Crippen molar-refractivity contribution in [1.82, 2.24) is 0 Å². The van der Waals surface area contributed by atoms with E-state index in [1.165, 1.54) is 23.8 Å². The molecule has 4 rings (SSSR count). The molecular formula is C21H23NO4. The van der Waals surface area contributed by atoms with Gasteiger partial charge in [-0.25, -0.2) is 0 Å². The first-order valence-corrected chi connectivity index (χ1v) is 9.18. The third kappa shape index (κ3) is 3.15. The molecule has 1 aromatic heterocycles. The molecule has 2 unspecified atom stereocenters. The van der Waals surface area contributed by atoms with E-state index in [0.29, 0.717) is 35.1 Å². The van der Waals surface area contributed by atoms with E-state index < -0.39 is 0 Å². The minimum Gasteiger partial charge on any atom is -0.872 e. The van der Waals surface area contributed by atoms with Crippen LogP contribution in [0.2, 0.25) is 0 Å². The molecule has 1 saturated heterocycles. The van der Waals surface area contributed by atoms with Crippen LogP contribution in [0.15, 0.2) is 34.4 Å². The van der Waals surface area contributed by atoms with Gasteiger partial charge in [-0.2, -0.15) is 0 Å². The number of ketones is 1. The zero-order valence-electron chi connectivity index (χ0n) is 15.1. The third-order valence-corrected chi connectivity index (χ3v) is 5.22. The average Bonchev–Trinajstić information content (AvgIpc) is 3.15. The van der Waals surface area contributed by atoms with Crippen molar-refractivity contribution in [2.24, 2.45) is 5.92 Å². The van der Waals surface area contributed by atoms with E-state index in [-0.39, 0.29) is 17.3 Å². The average molecular weight is 353 g/mol. The number of benzene rings is 1. The van der Waals surface area contributed by atoms with Crippen molar-refractivity contribution in [3.8, 4) is 11.5 Å². The molecule has 0 radical (unpaired) electrons. The maximum Gasteiger partial charge on any atom is 0.232 e. The van der Waals surface area contributed by atoms with Gasteiger partial charge in [0, 0.05) is 17.6 Å². The lowest BCUT2D eigenvalue weighted by Gasteiger charge is -2.29. The summed E-state index contributed by atoms with van der Waals surface area (Å²) in [5.74, 6) is 2.38. The van der Waals surface area contributed by atoms with Crippen molar-refractivity contribution in [2.75, 3.05) is 13.1 Å². The first kappa shape index (κ1) is 16.9. The number of likely N-dealkylation sites (tertiary alicyclic amines) is 1. The molecule has 26 heavy (non-hydrogen) atoms. The Labute approximate surface area is 152 Å². The lowest BCUT2D eigenvalue weighted by atomic mass is 9.99. The normalized spacial score (nSPS) is 23.9. The highest BCUT2D eigenvalue weighted by atomic mass is 16.5.